The summed E-state index contributed by atoms with van der Waals surface area (Å²) in [6, 6.07) is 8.63. The lowest BCUT2D eigenvalue weighted by molar-refractivity contribution is 0.607. The number of thiophene rings is 1. The van der Waals surface area contributed by atoms with Crippen molar-refractivity contribution in [3.63, 3.8) is 0 Å². The number of pyridine rings is 1. The van der Waals surface area contributed by atoms with E-state index in [0.29, 0.717) is 0 Å². The molecule has 3 aromatic rings. The minimum atomic E-state index is 0.231. The molecular formula is C16H19N3S. The Kier molecular flexibility index (Phi) is 3.85. The van der Waals surface area contributed by atoms with Gasteiger partial charge < -0.3 is 5.32 Å². The number of nitrogens with zero attached hydrogens (tertiary/aromatic N) is 2. The molecule has 1 N–H and O–H groups in total. The molecule has 0 amide bonds. The molecule has 0 fully saturated rings. The monoisotopic (exact) mass is 285 g/mol. The van der Waals surface area contributed by atoms with Crippen LogP contribution in [0.2, 0.25) is 0 Å². The lowest BCUT2D eigenvalue weighted by Gasteiger charge is -2.17. The van der Waals surface area contributed by atoms with Crippen molar-refractivity contribution in [2.75, 3.05) is 6.54 Å². The molecule has 3 heterocycles. The number of fused-ring (bicyclic) bond motifs is 1. The molecule has 20 heavy (non-hydrogen) atoms. The van der Waals surface area contributed by atoms with Crippen molar-refractivity contribution in [2.24, 2.45) is 0 Å². The standard InChI is InChI=1S/C16H19N3S/c1-3-8-17-15(16-12(2)7-10-20-16)13-11-18-19-9-5-4-6-14(13)19/h4-7,9-11,15,17H,3,8H2,1-2H3. The van der Waals surface area contributed by atoms with Crippen LogP contribution >= 0.6 is 11.3 Å². The van der Waals surface area contributed by atoms with Gasteiger partial charge in [-0.15, -0.1) is 11.3 Å². The maximum Gasteiger partial charge on any atom is 0.0713 e. The van der Waals surface area contributed by atoms with E-state index in [2.05, 4.69) is 47.8 Å². The number of aromatic nitrogens is 2. The Bertz CT molecular complexity index is 698. The molecule has 4 heteroatoms. The van der Waals surface area contributed by atoms with Crippen molar-refractivity contribution >= 4 is 16.9 Å². The lowest BCUT2D eigenvalue weighted by Crippen LogP contribution is -2.22. The minimum Gasteiger partial charge on any atom is -0.305 e. The Morgan fingerprint density at radius 2 is 2.25 bits per heavy atom. The fourth-order valence-corrected chi connectivity index (χ4v) is 3.51. The van der Waals surface area contributed by atoms with Crippen molar-refractivity contribution in [1.82, 2.24) is 14.9 Å². The first-order valence-corrected chi connectivity index (χ1v) is 7.89. The van der Waals surface area contributed by atoms with Gasteiger partial charge in [-0.05, 0) is 49.0 Å². The van der Waals surface area contributed by atoms with Gasteiger partial charge in [0.1, 0.15) is 0 Å². The van der Waals surface area contributed by atoms with Crippen LogP contribution in [0.4, 0.5) is 0 Å². The highest BCUT2D eigenvalue weighted by Crippen LogP contribution is 2.31. The van der Waals surface area contributed by atoms with E-state index in [1.807, 2.05) is 34.3 Å². The average Bonchev–Trinajstić information content (AvgIpc) is 3.07. The van der Waals surface area contributed by atoms with Gasteiger partial charge in [0, 0.05) is 16.6 Å². The molecule has 1 unspecified atom stereocenters. The Hall–Kier alpha value is -1.65. The first kappa shape index (κ1) is 13.3. The van der Waals surface area contributed by atoms with Gasteiger partial charge in [0.2, 0.25) is 0 Å². The van der Waals surface area contributed by atoms with E-state index in [1.165, 1.54) is 21.5 Å². The zero-order valence-electron chi connectivity index (χ0n) is 11.8. The minimum absolute atomic E-state index is 0.231. The van der Waals surface area contributed by atoms with Crippen LogP contribution in [0.15, 0.2) is 42.0 Å². The fourth-order valence-electron chi connectivity index (χ4n) is 2.49. The summed E-state index contributed by atoms with van der Waals surface area (Å²) in [6.45, 7) is 5.38. The van der Waals surface area contributed by atoms with Gasteiger partial charge >= 0.3 is 0 Å². The summed E-state index contributed by atoms with van der Waals surface area (Å²) in [6.07, 6.45) is 5.11. The third-order valence-corrected chi connectivity index (χ3v) is 4.61. The number of rotatable bonds is 5. The summed E-state index contributed by atoms with van der Waals surface area (Å²) < 4.78 is 1.94. The summed E-state index contributed by atoms with van der Waals surface area (Å²) in [5.41, 5.74) is 3.78. The zero-order valence-corrected chi connectivity index (χ0v) is 12.7. The maximum absolute atomic E-state index is 4.47. The first-order valence-electron chi connectivity index (χ1n) is 7.01. The van der Waals surface area contributed by atoms with E-state index in [0.717, 1.165) is 13.0 Å². The molecule has 1 atom stereocenters. The second-order valence-electron chi connectivity index (χ2n) is 4.99. The van der Waals surface area contributed by atoms with Gasteiger partial charge in [-0.2, -0.15) is 5.10 Å². The number of hydrogen-bond acceptors (Lipinski definition) is 3. The molecule has 0 bridgehead atoms. The summed E-state index contributed by atoms with van der Waals surface area (Å²) in [5.74, 6) is 0. The second kappa shape index (κ2) is 5.77. The Labute approximate surface area is 123 Å². The van der Waals surface area contributed by atoms with Crippen molar-refractivity contribution in [2.45, 2.75) is 26.3 Å². The lowest BCUT2D eigenvalue weighted by atomic mass is 10.0. The first-order chi connectivity index (χ1) is 9.81. The number of hydrogen-bond donors (Lipinski definition) is 1. The van der Waals surface area contributed by atoms with Crippen LogP contribution in [0.3, 0.4) is 0 Å². The van der Waals surface area contributed by atoms with Gasteiger partial charge in [-0.1, -0.05) is 13.0 Å². The molecule has 3 aromatic heterocycles. The fraction of sp³-hybridized carbons (Fsp3) is 0.312. The normalized spacial score (nSPS) is 12.9. The van der Waals surface area contributed by atoms with E-state index in [9.17, 15) is 0 Å². The SMILES string of the molecule is CCCNC(c1sccc1C)c1cnn2ccccc12. The van der Waals surface area contributed by atoms with E-state index in [4.69, 9.17) is 0 Å². The quantitative estimate of drug-likeness (QED) is 0.772. The highest BCUT2D eigenvalue weighted by atomic mass is 32.1. The van der Waals surface area contributed by atoms with Crippen molar-refractivity contribution in [3.05, 3.63) is 58.0 Å². The van der Waals surface area contributed by atoms with Crippen molar-refractivity contribution < 1.29 is 0 Å². The van der Waals surface area contributed by atoms with Crippen LogP contribution in [0.1, 0.15) is 35.4 Å². The smallest absolute Gasteiger partial charge is 0.0713 e. The van der Waals surface area contributed by atoms with Gasteiger partial charge in [0.15, 0.2) is 0 Å². The second-order valence-corrected chi connectivity index (χ2v) is 5.93. The van der Waals surface area contributed by atoms with Gasteiger partial charge in [-0.3, -0.25) is 0 Å². The predicted molar refractivity (Wildman–Crippen MR) is 84.4 cm³/mol. The number of nitrogens with one attached hydrogen (secondary N) is 1. The summed E-state index contributed by atoms with van der Waals surface area (Å²) >= 11 is 1.82. The number of aryl methyl sites for hydroxylation is 1. The van der Waals surface area contributed by atoms with Gasteiger partial charge in [0.05, 0.1) is 17.8 Å². The van der Waals surface area contributed by atoms with Crippen LogP contribution < -0.4 is 5.32 Å². The van der Waals surface area contributed by atoms with Crippen molar-refractivity contribution in [1.29, 1.82) is 0 Å². The third kappa shape index (κ3) is 2.37. The topological polar surface area (TPSA) is 29.3 Å². The predicted octanol–water partition coefficient (Wildman–Crippen LogP) is 3.79. The summed E-state index contributed by atoms with van der Waals surface area (Å²) in [4.78, 5) is 1.39. The molecule has 0 spiro atoms. The van der Waals surface area contributed by atoms with Crippen LogP contribution in [0, 0.1) is 6.92 Å². The average molecular weight is 285 g/mol. The largest absolute Gasteiger partial charge is 0.305 e. The van der Waals surface area contributed by atoms with Crippen LogP contribution in [-0.2, 0) is 0 Å². The molecule has 0 aromatic carbocycles. The Morgan fingerprint density at radius 3 is 3.00 bits per heavy atom. The van der Waals surface area contributed by atoms with E-state index in [1.54, 1.807) is 0 Å². The highest BCUT2D eigenvalue weighted by Gasteiger charge is 2.20. The molecule has 0 radical (unpaired) electrons. The molecule has 0 saturated heterocycles. The molecule has 0 aliphatic rings. The Morgan fingerprint density at radius 1 is 1.35 bits per heavy atom. The van der Waals surface area contributed by atoms with Crippen LogP contribution in [0.25, 0.3) is 5.52 Å². The van der Waals surface area contributed by atoms with E-state index < -0.39 is 0 Å². The van der Waals surface area contributed by atoms with Gasteiger partial charge in [-0.25, -0.2) is 4.52 Å². The third-order valence-electron chi connectivity index (χ3n) is 3.53. The highest BCUT2D eigenvalue weighted by molar-refractivity contribution is 7.10. The van der Waals surface area contributed by atoms with E-state index in [-0.39, 0.29) is 6.04 Å². The molecule has 0 aliphatic carbocycles. The summed E-state index contributed by atoms with van der Waals surface area (Å²) in [5, 5.41) is 10.3. The van der Waals surface area contributed by atoms with Crippen LogP contribution in [-0.4, -0.2) is 16.2 Å². The molecule has 0 aliphatic heterocycles. The van der Waals surface area contributed by atoms with Gasteiger partial charge in [0.25, 0.3) is 0 Å². The van der Waals surface area contributed by atoms with Crippen molar-refractivity contribution in [3.8, 4) is 0 Å². The molecule has 3 nitrogen and oxygen atoms in total. The Balaban J connectivity index is 2.07. The zero-order chi connectivity index (χ0) is 13.9. The van der Waals surface area contributed by atoms with E-state index >= 15 is 0 Å². The molecule has 3 rings (SSSR count). The summed E-state index contributed by atoms with van der Waals surface area (Å²) in [7, 11) is 0. The van der Waals surface area contributed by atoms with Crippen LogP contribution in [0.5, 0.6) is 0 Å². The molecule has 104 valence electrons. The molecular weight excluding hydrogens is 266 g/mol. The molecule has 0 saturated carbocycles. The maximum atomic E-state index is 4.47.